The number of nitrogens with one attached hydrogen (secondary N) is 1. The zero-order valence-corrected chi connectivity index (χ0v) is 19.8. The van der Waals surface area contributed by atoms with Gasteiger partial charge in [0.1, 0.15) is 6.61 Å². The van der Waals surface area contributed by atoms with Crippen LogP contribution >= 0.6 is 0 Å². The third-order valence-corrected chi connectivity index (χ3v) is 7.54. The summed E-state index contributed by atoms with van der Waals surface area (Å²) in [6, 6.07) is 16.4. The van der Waals surface area contributed by atoms with E-state index >= 15 is 0 Å². The van der Waals surface area contributed by atoms with Gasteiger partial charge < -0.3 is 20.1 Å². The summed E-state index contributed by atoms with van der Waals surface area (Å²) in [5, 5.41) is 11.7. The van der Waals surface area contributed by atoms with Crippen LogP contribution in [0, 0.1) is 17.8 Å². The van der Waals surface area contributed by atoms with Crippen LogP contribution in [0.15, 0.2) is 48.5 Å². The van der Waals surface area contributed by atoms with Gasteiger partial charge in [-0.05, 0) is 46.9 Å². The van der Waals surface area contributed by atoms with Crippen LogP contribution in [-0.4, -0.2) is 54.2 Å². The molecule has 0 radical (unpaired) electrons. The number of carboxylic acids is 1. The summed E-state index contributed by atoms with van der Waals surface area (Å²) in [6.07, 6.45) is 3.29. The highest BCUT2D eigenvalue weighted by Gasteiger charge is 2.37. The fourth-order valence-corrected chi connectivity index (χ4v) is 5.40. The van der Waals surface area contributed by atoms with Gasteiger partial charge in [0, 0.05) is 32.0 Å². The average molecular weight is 477 g/mol. The second-order valence-corrected chi connectivity index (χ2v) is 10.1. The Kier molecular flexibility index (Phi) is 6.75. The fraction of sp³-hybridized carbons (Fsp3) is 0.464. The molecule has 0 aromatic heterocycles. The van der Waals surface area contributed by atoms with Crippen LogP contribution in [0.25, 0.3) is 11.1 Å². The zero-order chi connectivity index (χ0) is 24.4. The van der Waals surface area contributed by atoms with Crippen LogP contribution in [0.1, 0.15) is 49.1 Å². The number of fused-ring (bicyclic) bond motifs is 3. The van der Waals surface area contributed by atoms with Gasteiger partial charge in [-0.2, -0.15) is 0 Å². The van der Waals surface area contributed by atoms with Gasteiger partial charge in [0.05, 0.1) is 5.92 Å². The van der Waals surface area contributed by atoms with Gasteiger partial charge in [-0.3, -0.25) is 9.59 Å². The lowest BCUT2D eigenvalue weighted by molar-refractivity contribution is -0.143. The van der Waals surface area contributed by atoms with E-state index in [2.05, 4.69) is 29.6 Å². The molecule has 0 spiro atoms. The first-order valence-electron chi connectivity index (χ1n) is 12.6. The van der Waals surface area contributed by atoms with Crippen molar-refractivity contribution in [1.82, 2.24) is 10.2 Å². The summed E-state index contributed by atoms with van der Waals surface area (Å²) >= 11 is 0. The second-order valence-electron chi connectivity index (χ2n) is 10.1. The maximum Gasteiger partial charge on any atom is 0.407 e. The molecule has 1 saturated carbocycles. The first-order valence-corrected chi connectivity index (χ1v) is 12.6. The molecule has 2 aromatic rings. The number of aliphatic carboxylic acids is 1. The molecular formula is C28H32N2O5. The van der Waals surface area contributed by atoms with Gasteiger partial charge in [-0.25, -0.2) is 4.79 Å². The van der Waals surface area contributed by atoms with Crippen molar-refractivity contribution in [2.75, 3.05) is 26.2 Å². The first kappa shape index (κ1) is 23.4. The smallest absolute Gasteiger partial charge is 0.407 e. The molecule has 7 nitrogen and oxygen atoms in total. The molecule has 1 aliphatic heterocycles. The monoisotopic (exact) mass is 476 g/mol. The minimum Gasteiger partial charge on any atom is -0.481 e. The predicted molar refractivity (Wildman–Crippen MR) is 131 cm³/mol. The van der Waals surface area contributed by atoms with Crippen LogP contribution in [-0.2, 0) is 14.3 Å². The van der Waals surface area contributed by atoms with Crippen LogP contribution < -0.4 is 5.32 Å². The molecule has 2 N–H and O–H groups in total. The number of likely N-dealkylation sites (tertiary alicyclic amines) is 1. The zero-order valence-electron chi connectivity index (χ0n) is 19.8. The fourth-order valence-electron chi connectivity index (χ4n) is 5.40. The SMILES string of the molecule is O=C(O)CCC1CN(C(=O)C(CNC(=O)OCC2c3ccccc3-c3ccccc32)CC2CC2)C1. The molecule has 184 valence electrons. The van der Waals surface area contributed by atoms with Crippen molar-refractivity contribution >= 4 is 18.0 Å². The number of benzene rings is 2. The van der Waals surface area contributed by atoms with E-state index in [-0.39, 0.29) is 43.2 Å². The van der Waals surface area contributed by atoms with E-state index in [9.17, 15) is 14.4 Å². The van der Waals surface area contributed by atoms with E-state index in [4.69, 9.17) is 9.84 Å². The minimum atomic E-state index is -0.798. The van der Waals surface area contributed by atoms with E-state index < -0.39 is 12.1 Å². The number of carbonyl (C=O) groups excluding carboxylic acids is 2. The molecule has 2 aromatic carbocycles. The standard InChI is InChI=1S/C28H32N2O5/c31-26(32)12-11-19-15-30(16-19)27(33)20(13-18-9-10-18)14-29-28(34)35-17-25-23-7-3-1-5-21(23)22-6-2-4-8-24(22)25/h1-8,18-20,25H,9-17H2,(H,29,34)(H,31,32). The maximum absolute atomic E-state index is 13.0. The summed E-state index contributed by atoms with van der Waals surface area (Å²) in [5.74, 6) is -0.190. The van der Waals surface area contributed by atoms with Gasteiger partial charge in [0.25, 0.3) is 0 Å². The van der Waals surface area contributed by atoms with Crippen molar-refractivity contribution in [2.24, 2.45) is 17.8 Å². The van der Waals surface area contributed by atoms with Gasteiger partial charge in [0.2, 0.25) is 5.91 Å². The number of nitrogens with zero attached hydrogens (tertiary/aromatic N) is 1. The summed E-state index contributed by atoms with van der Waals surface area (Å²) in [7, 11) is 0. The highest BCUT2D eigenvalue weighted by Crippen LogP contribution is 2.44. The number of carboxylic acid groups (broad SMARTS) is 1. The number of carbonyl (C=O) groups is 3. The van der Waals surface area contributed by atoms with Gasteiger partial charge in [0.15, 0.2) is 0 Å². The number of hydrogen-bond acceptors (Lipinski definition) is 4. The Morgan fingerprint density at radius 2 is 1.60 bits per heavy atom. The normalized spacial score (nSPS) is 17.8. The molecule has 3 aliphatic rings. The maximum atomic E-state index is 13.0. The van der Waals surface area contributed by atoms with E-state index in [0.717, 1.165) is 19.3 Å². The molecule has 1 heterocycles. The topological polar surface area (TPSA) is 95.9 Å². The summed E-state index contributed by atoms with van der Waals surface area (Å²) < 4.78 is 5.63. The highest BCUT2D eigenvalue weighted by atomic mass is 16.5. The largest absolute Gasteiger partial charge is 0.481 e. The summed E-state index contributed by atoms with van der Waals surface area (Å²) in [4.78, 5) is 38.2. The van der Waals surface area contributed by atoms with Gasteiger partial charge in [-0.1, -0.05) is 61.4 Å². The Morgan fingerprint density at radius 1 is 0.971 bits per heavy atom. The first-order chi connectivity index (χ1) is 17.0. The van der Waals surface area contributed by atoms with Crippen molar-refractivity contribution in [1.29, 1.82) is 0 Å². The van der Waals surface area contributed by atoms with Crippen LogP contribution in [0.4, 0.5) is 4.79 Å². The molecule has 5 rings (SSSR count). The molecule has 7 heteroatoms. The van der Waals surface area contributed by atoms with Gasteiger partial charge in [-0.15, -0.1) is 0 Å². The molecule has 1 unspecified atom stereocenters. The molecule has 2 aliphatic carbocycles. The molecule has 35 heavy (non-hydrogen) atoms. The Bertz CT molecular complexity index is 1060. The van der Waals surface area contributed by atoms with Crippen molar-refractivity contribution in [3.8, 4) is 11.1 Å². The van der Waals surface area contributed by atoms with E-state index in [1.54, 1.807) is 4.90 Å². The minimum absolute atomic E-state index is 0.000802. The molecule has 2 amide bonds. The number of hydrogen-bond donors (Lipinski definition) is 2. The predicted octanol–water partition coefficient (Wildman–Crippen LogP) is 4.26. The Hall–Kier alpha value is -3.35. The number of rotatable bonds is 10. The van der Waals surface area contributed by atoms with Crippen LogP contribution in [0.2, 0.25) is 0 Å². The van der Waals surface area contributed by atoms with Crippen LogP contribution in [0.3, 0.4) is 0 Å². The lowest BCUT2D eigenvalue weighted by Crippen LogP contribution is -2.53. The van der Waals surface area contributed by atoms with Crippen LogP contribution in [0.5, 0.6) is 0 Å². The molecule has 2 fully saturated rings. The molecule has 1 atom stereocenters. The van der Waals surface area contributed by atoms with Gasteiger partial charge >= 0.3 is 12.1 Å². The average Bonchev–Trinajstić information content (AvgIpc) is 3.59. The van der Waals surface area contributed by atoms with E-state index in [0.29, 0.717) is 25.4 Å². The lowest BCUT2D eigenvalue weighted by Gasteiger charge is -2.41. The summed E-state index contributed by atoms with van der Waals surface area (Å²) in [5.41, 5.74) is 4.70. The summed E-state index contributed by atoms with van der Waals surface area (Å²) in [6.45, 7) is 1.73. The quantitative estimate of drug-likeness (QED) is 0.534. The third-order valence-electron chi connectivity index (χ3n) is 7.54. The molecule has 1 saturated heterocycles. The lowest BCUT2D eigenvalue weighted by atomic mass is 9.91. The van der Waals surface area contributed by atoms with Crippen molar-refractivity contribution in [2.45, 2.75) is 38.0 Å². The second kappa shape index (κ2) is 10.1. The van der Waals surface area contributed by atoms with E-state index in [1.165, 1.54) is 22.3 Å². The van der Waals surface area contributed by atoms with E-state index in [1.807, 2.05) is 24.3 Å². The Morgan fingerprint density at radius 3 is 2.20 bits per heavy atom. The van der Waals surface area contributed by atoms with Crippen molar-refractivity contribution in [3.05, 3.63) is 59.7 Å². The Balaban J connectivity index is 1.13. The highest BCUT2D eigenvalue weighted by molar-refractivity contribution is 5.81. The Labute approximate surface area is 205 Å². The number of amides is 2. The molecule has 0 bridgehead atoms. The van der Waals surface area contributed by atoms with Crippen molar-refractivity contribution in [3.63, 3.8) is 0 Å². The van der Waals surface area contributed by atoms with Crippen molar-refractivity contribution < 1.29 is 24.2 Å². The molecular weight excluding hydrogens is 444 g/mol. The number of ether oxygens (including phenoxy) is 1. The third kappa shape index (κ3) is 5.34. The number of alkyl carbamates (subject to hydrolysis) is 1.